The largest absolute Gasteiger partial charge is 0.511 e. The molecule has 0 unspecified atom stereocenters. The molecule has 1 aliphatic heterocycles. The van der Waals surface area contributed by atoms with Crippen molar-refractivity contribution in [2.75, 3.05) is 6.54 Å². The van der Waals surface area contributed by atoms with E-state index in [4.69, 9.17) is 0 Å². The van der Waals surface area contributed by atoms with Crippen molar-refractivity contribution >= 4 is 21.7 Å². The van der Waals surface area contributed by atoms with Crippen LogP contribution in [-0.4, -0.2) is 59.8 Å². The van der Waals surface area contributed by atoms with Crippen LogP contribution in [0.25, 0.3) is 17.2 Å². The first kappa shape index (κ1) is 26.4. The Morgan fingerprint density at radius 1 is 1.12 bits per heavy atom. The van der Waals surface area contributed by atoms with E-state index in [2.05, 4.69) is 25.4 Å². The van der Waals surface area contributed by atoms with Crippen molar-refractivity contribution in [2.45, 2.75) is 57.2 Å². The number of alkyl halides is 3. The van der Waals surface area contributed by atoms with Crippen LogP contribution >= 0.6 is 0 Å². The minimum Gasteiger partial charge on any atom is -0.341 e. The van der Waals surface area contributed by atoms with Gasteiger partial charge in [-0.25, -0.2) is 28.1 Å². The number of carbonyl (C=O) groups excluding carboxylic acids is 1. The van der Waals surface area contributed by atoms with Gasteiger partial charge in [0, 0.05) is 24.5 Å². The van der Waals surface area contributed by atoms with Crippen molar-refractivity contribution in [3.8, 4) is 11.4 Å². The number of hydrogen-bond donors (Lipinski definition) is 1. The molecule has 1 aromatic carbocycles. The van der Waals surface area contributed by atoms with Gasteiger partial charge in [-0.05, 0) is 37.3 Å². The number of halogens is 3. The number of fused-ring (bicyclic) bond motifs is 2. The van der Waals surface area contributed by atoms with Crippen LogP contribution in [0.2, 0.25) is 0 Å². The molecule has 3 aromatic heterocycles. The average molecular weight is 575 g/mol. The van der Waals surface area contributed by atoms with Crippen LogP contribution in [0.1, 0.15) is 52.9 Å². The molecule has 2 aliphatic rings. The standard InChI is InChI=1S/C25H25F3N8O3S/c1-3-18-20(35-13-15(2)12-29-23(35)30-18)22(37)32-24(8-9-24)17-6-4-16(5-7-17)21-31-19-14-34(10-11-36(19)33-21)40(38,39)25(26,27)28/h4-7,12-13H,3,8-11,14H2,1-2H3,(H,32,37). The van der Waals surface area contributed by atoms with Gasteiger partial charge in [0.05, 0.1) is 24.3 Å². The Hall–Kier alpha value is -3.85. The molecule has 4 aromatic rings. The van der Waals surface area contributed by atoms with Crippen LogP contribution in [0.3, 0.4) is 0 Å². The minimum absolute atomic E-state index is 0.0388. The third-order valence-corrected chi connectivity index (χ3v) is 8.87. The summed E-state index contributed by atoms with van der Waals surface area (Å²) in [7, 11) is -5.45. The number of rotatable bonds is 6. The smallest absolute Gasteiger partial charge is 0.341 e. The number of benzene rings is 1. The average Bonchev–Trinajstić information content (AvgIpc) is 3.40. The molecular formula is C25H25F3N8O3S. The number of carbonyl (C=O) groups is 1. The molecule has 40 heavy (non-hydrogen) atoms. The number of imidazole rings is 1. The van der Waals surface area contributed by atoms with Gasteiger partial charge >= 0.3 is 15.5 Å². The second-order valence-electron chi connectivity index (χ2n) is 10.0. The molecule has 4 heterocycles. The fraction of sp³-hybridized carbons (Fsp3) is 0.400. The molecular weight excluding hydrogens is 549 g/mol. The maximum Gasteiger partial charge on any atom is 0.511 e. The third-order valence-electron chi connectivity index (χ3n) is 7.29. The van der Waals surface area contributed by atoms with E-state index in [0.717, 1.165) is 24.0 Å². The molecule has 11 nitrogen and oxygen atoms in total. The Balaban J connectivity index is 1.21. The molecule has 210 valence electrons. The maximum atomic E-state index is 13.5. The number of nitrogens with one attached hydrogen (secondary N) is 1. The van der Waals surface area contributed by atoms with Crippen LogP contribution in [0, 0.1) is 6.92 Å². The monoisotopic (exact) mass is 574 g/mol. The second kappa shape index (κ2) is 9.09. The molecule has 6 rings (SSSR count). The van der Waals surface area contributed by atoms with Gasteiger partial charge in [0.2, 0.25) is 5.78 Å². The van der Waals surface area contributed by atoms with Gasteiger partial charge in [-0.15, -0.1) is 0 Å². The maximum absolute atomic E-state index is 13.5. The molecule has 1 aliphatic carbocycles. The predicted octanol–water partition coefficient (Wildman–Crippen LogP) is 2.94. The van der Waals surface area contributed by atoms with E-state index >= 15 is 0 Å². The molecule has 0 saturated heterocycles. The molecule has 1 N–H and O–H groups in total. The highest BCUT2D eigenvalue weighted by Gasteiger charge is 2.51. The molecule has 1 fully saturated rings. The summed E-state index contributed by atoms with van der Waals surface area (Å²) in [4.78, 5) is 26.6. The number of hydrogen-bond acceptors (Lipinski definition) is 7. The summed E-state index contributed by atoms with van der Waals surface area (Å²) in [5.74, 6) is 0.646. The molecule has 15 heteroatoms. The Morgan fingerprint density at radius 2 is 1.85 bits per heavy atom. The normalized spacial score (nSPS) is 17.1. The van der Waals surface area contributed by atoms with Gasteiger partial charge in [-0.2, -0.15) is 22.6 Å². The van der Waals surface area contributed by atoms with Gasteiger partial charge < -0.3 is 5.32 Å². The van der Waals surface area contributed by atoms with E-state index in [9.17, 15) is 26.4 Å². The van der Waals surface area contributed by atoms with Gasteiger partial charge in [-0.3, -0.25) is 9.20 Å². The molecule has 0 radical (unpaired) electrons. The van der Waals surface area contributed by atoms with Crippen LogP contribution < -0.4 is 5.32 Å². The highest BCUT2D eigenvalue weighted by atomic mass is 32.2. The summed E-state index contributed by atoms with van der Waals surface area (Å²) in [6, 6.07) is 7.30. The zero-order valence-corrected chi connectivity index (χ0v) is 22.4. The lowest BCUT2D eigenvalue weighted by atomic mass is 10.0. The molecule has 0 bridgehead atoms. The Labute approximate surface area is 227 Å². The van der Waals surface area contributed by atoms with E-state index < -0.39 is 27.6 Å². The first-order valence-electron chi connectivity index (χ1n) is 12.7. The Morgan fingerprint density at radius 3 is 2.50 bits per heavy atom. The fourth-order valence-corrected chi connectivity index (χ4v) is 5.88. The molecule has 0 spiro atoms. The first-order chi connectivity index (χ1) is 18.9. The van der Waals surface area contributed by atoms with Crippen molar-refractivity contribution < 1.29 is 26.4 Å². The fourth-order valence-electron chi connectivity index (χ4n) is 4.98. The topological polar surface area (TPSA) is 127 Å². The molecule has 1 saturated carbocycles. The highest BCUT2D eigenvalue weighted by molar-refractivity contribution is 7.89. The second-order valence-corrected chi connectivity index (χ2v) is 12.0. The van der Waals surface area contributed by atoms with E-state index in [1.165, 1.54) is 4.68 Å². The summed E-state index contributed by atoms with van der Waals surface area (Å²) < 4.78 is 66.1. The van der Waals surface area contributed by atoms with Crippen molar-refractivity contribution in [2.24, 2.45) is 0 Å². The van der Waals surface area contributed by atoms with Gasteiger partial charge in [0.15, 0.2) is 5.82 Å². The number of aryl methyl sites for hydroxylation is 2. The Bertz CT molecular complexity index is 1740. The highest BCUT2D eigenvalue weighted by Crippen LogP contribution is 2.46. The summed E-state index contributed by atoms with van der Waals surface area (Å²) in [5.41, 5.74) is -2.35. The number of sulfonamides is 1. The van der Waals surface area contributed by atoms with Crippen molar-refractivity contribution in [3.05, 3.63) is 65.0 Å². The number of amides is 1. The van der Waals surface area contributed by atoms with E-state index in [1.54, 1.807) is 22.7 Å². The third kappa shape index (κ3) is 4.33. The predicted molar refractivity (Wildman–Crippen MR) is 136 cm³/mol. The van der Waals surface area contributed by atoms with Crippen molar-refractivity contribution in [1.82, 2.24) is 38.8 Å². The van der Waals surface area contributed by atoms with Crippen LogP contribution in [0.15, 0.2) is 36.7 Å². The van der Waals surface area contributed by atoms with Gasteiger partial charge in [-0.1, -0.05) is 31.2 Å². The summed E-state index contributed by atoms with van der Waals surface area (Å²) in [6.45, 7) is 2.94. The minimum atomic E-state index is -5.45. The summed E-state index contributed by atoms with van der Waals surface area (Å²) >= 11 is 0. The lowest BCUT2D eigenvalue weighted by Crippen LogP contribution is -2.44. The summed E-state index contributed by atoms with van der Waals surface area (Å²) in [6.07, 6.45) is 5.64. The number of nitrogens with zero attached hydrogens (tertiary/aromatic N) is 7. The van der Waals surface area contributed by atoms with Crippen LogP contribution in [0.5, 0.6) is 0 Å². The lowest BCUT2D eigenvalue weighted by Gasteiger charge is -2.26. The SMILES string of the molecule is CCc1nc2ncc(C)cn2c1C(=O)NC1(c2ccc(-c3nc4n(n3)CCN(S(=O)(=O)C(F)(F)F)C4)cc2)CC1. The quantitative estimate of drug-likeness (QED) is 0.375. The van der Waals surface area contributed by atoms with Gasteiger partial charge in [0.25, 0.3) is 5.91 Å². The van der Waals surface area contributed by atoms with E-state index in [-0.39, 0.29) is 30.6 Å². The molecule has 0 atom stereocenters. The van der Waals surface area contributed by atoms with E-state index in [1.807, 2.05) is 32.2 Å². The first-order valence-corrected chi connectivity index (χ1v) is 14.1. The van der Waals surface area contributed by atoms with Crippen molar-refractivity contribution in [1.29, 1.82) is 0 Å². The zero-order chi connectivity index (χ0) is 28.4. The van der Waals surface area contributed by atoms with Crippen LogP contribution in [0.4, 0.5) is 13.2 Å². The van der Waals surface area contributed by atoms with E-state index in [0.29, 0.717) is 33.5 Å². The zero-order valence-electron chi connectivity index (χ0n) is 21.6. The Kier molecular flexibility index (Phi) is 5.99. The van der Waals surface area contributed by atoms with Crippen LogP contribution in [-0.2, 0) is 35.1 Å². The van der Waals surface area contributed by atoms with Crippen molar-refractivity contribution in [3.63, 3.8) is 0 Å². The molecule has 1 amide bonds. The van der Waals surface area contributed by atoms with Gasteiger partial charge in [0.1, 0.15) is 11.5 Å². The lowest BCUT2D eigenvalue weighted by molar-refractivity contribution is -0.0496. The number of aromatic nitrogens is 6. The summed E-state index contributed by atoms with van der Waals surface area (Å²) in [5, 5.41) is 7.55.